The number of aliphatic hydroxyl groups is 4. The molecule has 0 spiro atoms. The van der Waals surface area contributed by atoms with Gasteiger partial charge < -0.3 is 40.2 Å². The molecule has 0 bridgehead atoms. The molecule has 0 saturated heterocycles. The highest BCUT2D eigenvalue weighted by Gasteiger charge is 1.92. The van der Waals surface area contributed by atoms with Gasteiger partial charge in [-0.15, -0.1) is 0 Å². The fraction of sp³-hybridized carbons (Fsp3) is 1.00. The Kier molecular flexibility index (Phi) is 17.6. The molecular weight excluding hydrogens is 260 g/mol. The Morgan fingerprint density at radius 1 is 0.941 bits per heavy atom. The summed E-state index contributed by atoms with van der Waals surface area (Å²) >= 11 is 0. The van der Waals surface area contributed by atoms with Crippen molar-refractivity contribution < 1.29 is 48.6 Å². The van der Waals surface area contributed by atoms with Gasteiger partial charge in [0.15, 0.2) is 0 Å². The van der Waals surface area contributed by atoms with Crippen molar-refractivity contribution in [2.24, 2.45) is 0 Å². The predicted molar refractivity (Wildman–Crippen MR) is 52.4 cm³/mol. The summed E-state index contributed by atoms with van der Waals surface area (Å²) in [6.45, 7) is 0.722. The van der Waals surface area contributed by atoms with E-state index in [1.165, 1.54) is 0 Å². The summed E-state index contributed by atoms with van der Waals surface area (Å²) in [4.78, 5) is 0. The van der Waals surface area contributed by atoms with Gasteiger partial charge in [0.2, 0.25) is 12.6 Å². The molecule has 108 valence electrons. The maximum Gasteiger partial charge on any atom is 0.202 e. The molecule has 0 heterocycles. The molecule has 0 radical (unpaired) electrons. The van der Waals surface area contributed by atoms with Crippen LogP contribution in [0.4, 0.5) is 0 Å². The van der Waals surface area contributed by atoms with E-state index in [4.69, 9.17) is 37.9 Å². The average Bonchev–Trinajstić information content (AvgIpc) is 2.00. The summed E-state index contributed by atoms with van der Waals surface area (Å²) in [5.41, 5.74) is 0. The first-order valence-corrected chi connectivity index (χ1v) is 5.82. The molecule has 0 aromatic rings. The third-order valence-corrected chi connectivity index (χ3v) is 0.893. The average molecular weight is 280 g/mol. The molecule has 0 amide bonds. The lowest BCUT2D eigenvalue weighted by molar-refractivity contribution is -0.640. The lowest BCUT2D eigenvalue weighted by Gasteiger charge is -2.06. The number of rotatable bonds is 4. The molecule has 8 N–H and O–H groups in total. The van der Waals surface area contributed by atoms with Crippen LogP contribution in [0, 0.1) is 0 Å². The van der Waals surface area contributed by atoms with Crippen LogP contribution in [0.15, 0.2) is 0 Å². The number of likely N-dealkylation sites (N-methyl/N-ethyl adjacent to an activating group) is 2. The molecule has 0 aromatic heterocycles. The van der Waals surface area contributed by atoms with E-state index in [1.54, 1.807) is 24.7 Å². The second-order valence-electron chi connectivity index (χ2n) is 2.66. The van der Waals surface area contributed by atoms with Gasteiger partial charge in [-0.3, -0.25) is 8.42 Å². The molecule has 11 heteroatoms. The first-order valence-electron chi connectivity index (χ1n) is 4.49. The third-order valence-electron chi connectivity index (χ3n) is 0.893. The summed E-state index contributed by atoms with van der Waals surface area (Å²) in [5, 5.41) is 35.7. The van der Waals surface area contributed by atoms with E-state index < -0.39 is 23.0 Å². The Labute approximate surface area is 99.5 Å². The highest BCUT2D eigenvalue weighted by molar-refractivity contribution is 7.79. The predicted octanol–water partition coefficient (Wildman–Crippen LogP) is -6.36. The van der Waals surface area contributed by atoms with E-state index in [-0.39, 0.29) is 0 Å². The SMILES string of the molecule is C[NH2+]CC(O)O.C[NH2+]CC(O)O.O=S(=O)([O-])[O-]. The molecular formula is C6H20N2O8S. The van der Waals surface area contributed by atoms with Gasteiger partial charge in [0, 0.05) is 10.4 Å². The largest absolute Gasteiger partial charge is 0.759 e. The molecule has 0 rings (SSSR count). The number of nitrogens with two attached hydrogens (primary N) is 2. The lowest BCUT2D eigenvalue weighted by Crippen LogP contribution is -2.82. The molecule has 0 fully saturated rings. The van der Waals surface area contributed by atoms with Crippen molar-refractivity contribution in [2.75, 3.05) is 27.2 Å². The van der Waals surface area contributed by atoms with Gasteiger partial charge in [-0.2, -0.15) is 0 Å². The number of hydrogen-bond acceptors (Lipinski definition) is 8. The summed E-state index contributed by atoms with van der Waals surface area (Å²) in [6.07, 6.45) is -2.31. The van der Waals surface area contributed by atoms with E-state index in [2.05, 4.69) is 0 Å². The Balaban J connectivity index is -0.000000174. The van der Waals surface area contributed by atoms with Gasteiger partial charge in [-0.25, -0.2) is 0 Å². The summed E-state index contributed by atoms with van der Waals surface area (Å²) < 4.78 is 34.1. The van der Waals surface area contributed by atoms with E-state index >= 15 is 0 Å². The maximum atomic E-state index is 8.52. The summed E-state index contributed by atoms with van der Waals surface area (Å²) in [6, 6.07) is 0. The van der Waals surface area contributed by atoms with Crippen molar-refractivity contribution in [2.45, 2.75) is 12.6 Å². The van der Waals surface area contributed by atoms with Crippen LogP contribution in [-0.2, 0) is 10.4 Å². The zero-order valence-corrected chi connectivity index (χ0v) is 10.4. The number of quaternary nitrogens is 2. The van der Waals surface area contributed by atoms with Crippen LogP contribution in [0.2, 0.25) is 0 Å². The molecule has 0 aromatic carbocycles. The Bertz CT molecular complexity index is 212. The van der Waals surface area contributed by atoms with E-state index in [0.717, 1.165) is 0 Å². The van der Waals surface area contributed by atoms with Gasteiger partial charge >= 0.3 is 0 Å². The second-order valence-corrected chi connectivity index (χ2v) is 3.47. The second kappa shape index (κ2) is 13.7. The standard InChI is InChI=1S/2C3H9NO2.H2O4S/c2*1-4-2-3(5)6;1-5(2,3)4/h2*3-6H,2H2,1H3;(H2,1,2,3,4). The van der Waals surface area contributed by atoms with E-state index in [1.807, 2.05) is 0 Å². The van der Waals surface area contributed by atoms with Gasteiger partial charge in [-0.1, -0.05) is 0 Å². The monoisotopic (exact) mass is 280 g/mol. The third kappa shape index (κ3) is 91.6. The Hall–Kier alpha value is -0.370. The number of aliphatic hydroxyl groups excluding tert-OH is 2. The Morgan fingerprint density at radius 2 is 1.12 bits per heavy atom. The molecule has 0 unspecified atom stereocenters. The minimum atomic E-state index is -5.17. The van der Waals surface area contributed by atoms with E-state index in [0.29, 0.717) is 13.1 Å². The van der Waals surface area contributed by atoms with Gasteiger partial charge in [0.05, 0.1) is 14.1 Å². The minimum Gasteiger partial charge on any atom is -0.759 e. The van der Waals surface area contributed by atoms with Crippen LogP contribution in [0.5, 0.6) is 0 Å². The van der Waals surface area contributed by atoms with Crippen LogP contribution < -0.4 is 10.6 Å². The molecule has 0 aliphatic carbocycles. The summed E-state index contributed by atoms with van der Waals surface area (Å²) in [5.74, 6) is 0. The highest BCUT2D eigenvalue weighted by Crippen LogP contribution is 1.58. The quantitative estimate of drug-likeness (QED) is 0.166. The van der Waals surface area contributed by atoms with Crippen LogP contribution in [0.3, 0.4) is 0 Å². The van der Waals surface area contributed by atoms with Crippen LogP contribution >= 0.6 is 0 Å². The van der Waals surface area contributed by atoms with Crippen molar-refractivity contribution in [1.29, 1.82) is 0 Å². The molecule has 0 aliphatic heterocycles. The van der Waals surface area contributed by atoms with Crippen molar-refractivity contribution in [3.63, 3.8) is 0 Å². The van der Waals surface area contributed by atoms with Crippen molar-refractivity contribution in [3.05, 3.63) is 0 Å². The topological polar surface area (TPSA) is 194 Å². The van der Waals surface area contributed by atoms with Gasteiger partial charge in [0.1, 0.15) is 13.1 Å². The van der Waals surface area contributed by atoms with Crippen molar-refractivity contribution in [3.8, 4) is 0 Å². The van der Waals surface area contributed by atoms with Crippen molar-refractivity contribution in [1.82, 2.24) is 0 Å². The first kappa shape index (κ1) is 21.9. The number of hydrogen-bond donors (Lipinski definition) is 6. The first-order chi connectivity index (χ1) is 7.54. The zero-order chi connectivity index (χ0) is 14.5. The molecule has 0 aliphatic rings. The molecule has 17 heavy (non-hydrogen) atoms. The summed E-state index contributed by atoms with van der Waals surface area (Å²) in [7, 11) is -1.61. The van der Waals surface area contributed by atoms with Gasteiger partial charge in [-0.05, 0) is 0 Å². The molecule has 10 nitrogen and oxygen atoms in total. The smallest absolute Gasteiger partial charge is 0.202 e. The highest BCUT2D eigenvalue weighted by atomic mass is 32.3. The fourth-order valence-corrected chi connectivity index (χ4v) is 0.422. The zero-order valence-electron chi connectivity index (χ0n) is 9.55. The van der Waals surface area contributed by atoms with Gasteiger partial charge in [0.25, 0.3) is 0 Å². The van der Waals surface area contributed by atoms with Crippen LogP contribution in [-0.4, -0.2) is 77.7 Å². The fourth-order valence-electron chi connectivity index (χ4n) is 0.422. The lowest BCUT2D eigenvalue weighted by atomic mass is 10.6. The van der Waals surface area contributed by atoms with Crippen molar-refractivity contribution >= 4 is 10.4 Å². The van der Waals surface area contributed by atoms with Crippen LogP contribution in [0.1, 0.15) is 0 Å². The molecule has 0 atom stereocenters. The van der Waals surface area contributed by atoms with E-state index in [9.17, 15) is 0 Å². The minimum absolute atomic E-state index is 0.361. The molecule has 0 saturated carbocycles. The Morgan fingerprint density at radius 3 is 1.12 bits per heavy atom. The maximum absolute atomic E-state index is 8.52. The normalized spacial score (nSPS) is 10.5. The van der Waals surface area contributed by atoms with Crippen LogP contribution in [0.25, 0.3) is 0 Å².